The third kappa shape index (κ3) is 7.02. The van der Waals surface area contributed by atoms with Gasteiger partial charge in [-0.25, -0.2) is 0 Å². The maximum Gasteiger partial charge on any atom is 0.0774 e. The van der Waals surface area contributed by atoms with E-state index in [2.05, 4.69) is 121 Å². The quantitative estimate of drug-likeness (QED) is 0.158. The van der Waals surface area contributed by atoms with Gasteiger partial charge in [-0.2, -0.15) is 0 Å². The molecule has 233 valence electrons. The Morgan fingerprint density at radius 2 is 1.49 bits per heavy atom. The summed E-state index contributed by atoms with van der Waals surface area (Å²) in [4.78, 5) is 9.24. The van der Waals surface area contributed by atoms with Crippen LogP contribution in [0.2, 0.25) is 0 Å². The molecule has 0 aliphatic rings. The van der Waals surface area contributed by atoms with Crippen molar-refractivity contribution in [2.75, 3.05) is 0 Å². The Morgan fingerprint density at radius 3 is 2.23 bits per heavy atom. The van der Waals surface area contributed by atoms with E-state index in [1.165, 1.54) is 16.7 Å². The topological polar surface area (TPSA) is 43.9 Å². The first-order valence-corrected chi connectivity index (χ1v) is 15.6. The molecule has 0 unspecified atom stereocenters. The van der Waals surface area contributed by atoms with E-state index < -0.39 is 0 Å². The second-order valence-electron chi connectivity index (χ2n) is 11.7. The van der Waals surface area contributed by atoms with Crippen LogP contribution in [0.25, 0.3) is 61.5 Å². The molecule has 5 aromatic carbocycles. The van der Waals surface area contributed by atoms with E-state index in [9.17, 15) is 0 Å². The van der Waals surface area contributed by atoms with Gasteiger partial charge in [0, 0.05) is 43.8 Å². The molecule has 4 nitrogen and oxygen atoms in total. The minimum Gasteiger partial charge on any atom is -0.557 e. The Kier molecular flexibility index (Phi) is 9.87. The van der Waals surface area contributed by atoms with Gasteiger partial charge in [0.25, 0.3) is 0 Å². The van der Waals surface area contributed by atoms with Crippen LogP contribution in [0.4, 0.5) is 0 Å². The van der Waals surface area contributed by atoms with Crippen LogP contribution in [0, 0.1) is 18.2 Å². The van der Waals surface area contributed by atoms with Crippen LogP contribution in [-0.2, 0) is 26.5 Å². The zero-order chi connectivity index (χ0) is 31.3. The Balaban J connectivity index is 0.000000250. The van der Waals surface area contributed by atoms with Crippen molar-refractivity contribution in [2.45, 2.75) is 20.3 Å². The van der Waals surface area contributed by atoms with E-state index in [4.69, 9.17) is 9.40 Å². The average molecular weight is 788 g/mol. The van der Waals surface area contributed by atoms with Crippen LogP contribution in [0.3, 0.4) is 0 Å². The number of pyridine rings is 1. The van der Waals surface area contributed by atoms with Crippen LogP contribution < -0.4 is 0 Å². The first-order valence-electron chi connectivity index (χ1n) is 15.6. The fraction of sp³-hybridized carbons (Fsp3) is 0.0952. The van der Waals surface area contributed by atoms with Crippen molar-refractivity contribution in [3.05, 3.63) is 164 Å². The predicted octanol–water partition coefficient (Wildman–Crippen LogP) is 10.7. The van der Waals surface area contributed by atoms with Crippen LogP contribution in [0.5, 0.6) is 0 Å². The third-order valence-corrected chi connectivity index (χ3v) is 7.89. The van der Waals surface area contributed by atoms with Gasteiger partial charge in [0.05, 0.1) is 16.9 Å². The van der Waals surface area contributed by atoms with Crippen LogP contribution in [0.15, 0.2) is 150 Å². The van der Waals surface area contributed by atoms with Gasteiger partial charge in [0.1, 0.15) is 0 Å². The summed E-state index contributed by atoms with van der Waals surface area (Å²) >= 11 is 0. The molecule has 0 fully saturated rings. The Labute approximate surface area is 289 Å². The number of aromatic nitrogens is 3. The molecule has 0 N–H and O–H groups in total. The Morgan fingerprint density at radius 1 is 0.745 bits per heavy atom. The van der Waals surface area contributed by atoms with E-state index in [1.54, 1.807) is 6.20 Å². The maximum absolute atomic E-state index is 5.85. The van der Waals surface area contributed by atoms with Crippen LogP contribution in [-0.4, -0.2) is 14.5 Å². The minimum atomic E-state index is 0. The third-order valence-electron chi connectivity index (χ3n) is 7.89. The zero-order valence-electron chi connectivity index (χ0n) is 26.2. The monoisotopic (exact) mass is 788 g/mol. The Hall–Kier alpha value is -5.09. The molecule has 3 heterocycles. The molecule has 0 saturated heterocycles. The summed E-state index contributed by atoms with van der Waals surface area (Å²) in [5.74, 6) is 1.43. The van der Waals surface area contributed by atoms with Gasteiger partial charge in [0.15, 0.2) is 0 Å². The molecule has 47 heavy (non-hydrogen) atoms. The number of fused-ring (bicyclic) bond motifs is 2. The molecule has 0 aliphatic heterocycles. The van der Waals surface area contributed by atoms with Gasteiger partial charge < -0.3 is 14.0 Å². The fourth-order valence-corrected chi connectivity index (χ4v) is 5.75. The molecule has 0 amide bonds. The molecule has 0 spiro atoms. The summed E-state index contributed by atoms with van der Waals surface area (Å²) in [7, 11) is 0. The van der Waals surface area contributed by atoms with E-state index >= 15 is 0 Å². The predicted molar refractivity (Wildman–Crippen MR) is 188 cm³/mol. The molecule has 3 aromatic heterocycles. The van der Waals surface area contributed by atoms with Gasteiger partial charge >= 0.3 is 0 Å². The molecule has 8 aromatic rings. The van der Waals surface area contributed by atoms with Crippen molar-refractivity contribution in [3.63, 3.8) is 0 Å². The average Bonchev–Trinajstić information content (AvgIpc) is 3.71. The van der Waals surface area contributed by atoms with Crippen molar-refractivity contribution in [3.8, 4) is 39.5 Å². The minimum absolute atomic E-state index is 0. The molecular formula is C42H33IrN3O-2. The number of furan rings is 1. The standard InChI is InChI=1S/C31H25N2O.C11H8N.Ir/c1-21(2)18-22-12-17-30-26(19-22)27(20-34-30)31-32-28-10-6-7-11-29(28)33(31)25-15-13-24(14-16-25)23-8-4-3-5-9-23;1-2-6-10(7-3-1)11-8-4-5-9-12-11;/h3-17,19,21H,18H2,1-2H3;1-6,8-9H;/q2*-1;. The number of para-hydroxylation sites is 2. The second-order valence-corrected chi connectivity index (χ2v) is 11.7. The summed E-state index contributed by atoms with van der Waals surface area (Å²) in [6.45, 7) is 4.48. The molecule has 0 aliphatic carbocycles. The van der Waals surface area contributed by atoms with E-state index in [-0.39, 0.29) is 20.1 Å². The second kappa shape index (κ2) is 14.6. The number of hydrogen-bond donors (Lipinski definition) is 0. The van der Waals surface area contributed by atoms with Gasteiger partial charge in [-0.3, -0.25) is 4.98 Å². The number of nitrogens with zero attached hydrogens (tertiary/aromatic N) is 3. The molecule has 5 heteroatoms. The number of benzene rings is 5. The fourth-order valence-electron chi connectivity index (χ4n) is 5.75. The van der Waals surface area contributed by atoms with Crippen LogP contribution >= 0.6 is 0 Å². The zero-order valence-corrected chi connectivity index (χ0v) is 28.6. The smallest absolute Gasteiger partial charge is 0.0774 e. The maximum atomic E-state index is 5.85. The number of imidazole rings is 1. The summed E-state index contributed by atoms with van der Waals surface area (Å²) in [6, 6.07) is 50.6. The van der Waals surface area contributed by atoms with Crippen molar-refractivity contribution >= 4 is 22.0 Å². The summed E-state index contributed by atoms with van der Waals surface area (Å²) < 4.78 is 8.06. The normalized spacial score (nSPS) is 10.9. The van der Waals surface area contributed by atoms with E-state index in [0.29, 0.717) is 5.92 Å². The van der Waals surface area contributed by atoms with Crippen molar-refractivity contribution in [1.29, 1.82) is 0 Å². The molecule has 0 atom stereocenters. The molecule has 8 rings (SSSR count). The van der Waals surface area contributed by atoms with Crippen molar-refractivity contribution in [1.82, 2.24) is 14.5 Å². The first kappa shape index (κ1) is 31.9. The molecular weight excluding hydrogens is 755 g/mol. The van der Waals surface area contributed by atoms with E-state index in [1.807, 2.05) is 54.6 Å². The van der Waals surface area contributed by atoms with Crippen LogP contribution in [0.1, 0.15) is 19.4 Å². The van der Waals surface area contributed by atoms with Gasteiger partial charge in [-0.1, -0.05) is 115 Å². The Bertz CT molecular complexity index is 2150. The van der Waals surface area contributed by atoms with Gasteiger partial charge in [-0.05, 0) is 59.5 Å². The molecule has 0 bridgehead atoms. The summed E-state index contributed by atoms with van der Waals surface area (Å²) in [6.07, 6.45) is 5.97. The number of rotatable bonds is 6. The molecule has 0 saturated carbocycles. The van der Waals surface area contributed by atoms with Crippen molar-refractivity contribution in [2.24, 2.45) is 5.92 Å². The number of hydrogen-bond acceptors (Lipinski definition) is 3. The van der Waals surface area contributed by atoms with E-state index in [0.717, 1.165) is 56.8 Å². The largest absolute Gasteiger partial charge is 0.557 e. The van der Waals surface area contributed by atoms with Crippen molar-refractivity contribution < 1.29 is 24.5 Å². The SMILES string of the molecule is CC(C)Cc1ccc2o[c-]c(-c3nc4ccccc4n3-c3ccc(-c4ccccc4)cc3)c2c1.[Ir].[c-]1ccccc1-c1ccccn1. The summed E-state index contributed by atoms with van der Waals surface area (Å²) in [5.41, 5.74) is 10.5. The van der Waals surface area contributed by atoms with Gasteiger partial charge in [0.2, 0.25) is 0 Å². The summed E-state index contributed by atoms with van der Waals surface area (Å²) in [5, 5.41) is 1.05. The molecule has 1 radical (unpaired) electrons. The first-order chi connectivity index (χ1) is 22.6. The van der Waals surface area contributed by atoms with Gasteiger partial charge in [-0.15, -0.1) is 35.9 Å².